The van der Waals surface area contributed by atoms with Crippen molar-refractivity contribution >= 4 is 34.8 Å². The van der Waals surface area contributed by atoms with Crippen molar-refractivity contribution < 1.29 is 57.1 Å². The summed E-state index contributed by atoms with van der Waals surface area (Å²) in [6, 6.07) is 40.3. The maximum absolute atomic E-state index is 13.0. The van der Waals surface area contributed by atoms with Gasteiger partial charge in [-0.2, -0.15) is 13.2 Å². The average molecular weight is 1760 g/mol. The van der Waals surface area contributed by atoms with Crippen LogP contribution in [-0.2, 0) is 0 Å². The Bertz CT molecular complexity index is 3850. The number of aryl methyl sites for hydroxylation is 15. The molecule has 0 heterocycles. The second kappa shape index (κ2) is 55.2. The number of halogens is 16. The molecule has 5 saturated carbocycles. The summed E-state index contributed by atoms with van der Waals surface area (Å²) in [6.45, 7) is 49.0. The number of rotatable bonds is 0. The Morgan fingerprint density at radius 1 is 0.256 bits per heavy atom. The van der Waals surface area contributed by atoms with Crippen LogP contribution in [0.4, 0.5) is 57.1 Å². The van der Waals surface area contributed by atoms with E-state index in [0.29, 0.717) is 87.9 Å². The van der Waals surface area contributed by atoms with Crippen molar-refractivity contribution in [3.63, 3.8) is 0 Å². The molecule has 16 heteroatoms. The van der Waals surface area contributed by atoms with Gasteiger partial charge in [-0.3, -0.25) is 0 Å². The van der Waals surface area contributed by atoms with Crippen molar-refractivity contribution in [1.82, 2.24) is 0 Å². The molecule has 0 aliphatic heterocycles. The third-order valence-corrected chi connectivity index (χ3v) is 24.7. The molecule has 121 heavy (non-hydrogen) atoms. The predicted molar refractivity (Wildman–Crippen MR) is 492 cm³/mol. The third kappa shape index (κ3) is 47.6. The van der Waals surface area contributed by atoms with Gasteiger partial charge in [-0.1, -0.05) is 254 Å². The molecule has 0 N–H and O–H groups in total. The largest absolute Gasteiger partial charge is 0.394 e. The Balaban J connectivity index is 0.000000656. The van der Waals surface area contributed by atoms with Crippen molar-refractivity contribution in [2.75, 3.05) is 0 Å². The standard InChI is InChI=1S/C9H15F3.C8H8Cl2.C8H9Cl.C8H14F2.3C8H8F2.C8H15F.C8H9F.2C8H16.2C8H10/c1-7-3-5-8(2,6-4-7)9(10,11)12;1-5-3-4-6(2)8(10)7(5)9;1-6-3-4-7(2)8(9)5-6;1-7(9)3-5-8(2,10)6-4-7;1-5-3-8(10)6(2)4-7(5)9;1-5-3-7(9)6(2)8(10)4-5;1-5-3-4-6(2)8(10)7(5)9;1-7-3-5-8(2,9)6-4-7;1-6-3-4-7(2)8(9)5-6;4*1-7-3-5-8(2)6-4-7/h7H,3-6H2,1-2H3;3-4H,1-2H3;3-5H,1-2H3;3-6H2,1-2H3;3*3-4H,1-2H3;7H,3-6H2,1-2H3;3-5H,1-2H3;2*7-8H,3-6H2,1-2H3;2*3-6H,1-2H3. The smallest absolute Gasteiger partial charge is 0.244 e. The van der Waals surface area contributed by atoms with Gasteiger partial charge in [0.05, 0.1) is 15.5 Å². The van der Waals surface area contributed by atoms with E-state index in [1.165, 1.54) is 151 Å². The van der Waals surface area contributed by atoms with Gasteiger partial charge in [-0.05, 0) is 342 Å². The molecule has 0 saturated heterocycles. The molecule has 0 unspecified atom stereocenters. The first-order chi connectivity index (χ1) is 55.9. The zero-order valence-corrected chi connectivity index (χ0v) is 80.1. The monoisotopic (exact) mass is 1760 g/mol. The highest BCUT2D eigenvalue weighted by molar-refractivity contribution is 6.42. The van der Waals surface area contributed by atoms with Gasteiger partial charge in [-0.25, -0.2) is 43.9 Å². The van der Waals surface area contributed by atoms with Crippen molar-refractivity contribution in [1.29, 1.82) is 0 Å². The van der Waals surface area contributed by atoms with Crippen molar-refractivity contribution in [2.24, 2.45) is 40.9 Å². The van der Waals surface area contributed by atoms with Gasteiger partial charge in [-0.15, -0.1) is 0 Å². The average Bonchev–Trinajstić information content (AvgIpc) is 0.800. The third-order valence-electron chi connectivity index (χ3n) is 23.2. The van der Waals surface area contributed by atoms with E-state index in [4.69, 9.17) is 34.8 Å². The predicted octanol–water partition coefficient (Wildman–Crippen LogP) is 36.7. The molecule has 5 aliphatic rings. The minimum atomic E-state index is -4.01. The lowest BCUT2D eigenvalue weighted by Gasteiger charge is -2.37. The SMILES string of the molecule is CC1(F)CCC(C)(F)CC1.CC1CCC(C)(C(F)(F)F)CC1.CC1CCC(C)(F)CC1.CC1CCC(C)CC1.CC1CCC(C)CC1.Cc1cc(F)c(C)c(F)c1.Cc1cc(F)c(C)cc1F.Cc1ccc(C)c(Cl)c1.Cc1ccc(C)c(Cl)c1Cl.Cc1ccc(C)c(F)c1.Cc1ccc(C)c(F)c1F.Cc1ccc(C)cc1.Cc1ccc(C)cc1. The summed E-state index contributed by atoms with van der Waals surface area (Å²) in [5.74, 6) is 2.08. The summed E-state index contributed by atoms with van der Waals surface area (Å²) in [6.07, 6.45) is 15.0. The lowest BCUT2D eigenvalue weighted by atomic mass is 9.72. The Labute approximate surface area is 738 Å². The van der Waals surface area contributed by atoms with Gasteiger partial charge in [0.15, 0.2) is 11.6 Å². The second-order valence-electron chi connectivity index (χ2n) is 36.6. The van der Waals surface area contributed by atoms with Gasteiger partial charge in [0.2, 0.25) is 0 Å². The Morgan fingerprint density at radius 3 is 0.752 bits per heavy atom. The number of hydrogen-bond donors (Lipinski definition) is 0. The fourth-order valence-corrected chi connectivity index (χ4v) is 13.5. The first kappa shape index (κ1) is 113. The minimum Gasteiger partial charge on any atom is -0.244 e. The van der Waals surface area contributed by atoms with E-state index in [0.717, 1.165) is 95.4 Å². The Morgan fingerprint density at radius 2 is 0.488 bits per heavy atom. The van der Waals surface area contributed by atoms with Crippen LogP contribution in [0, 0.1) is 192 Å². The van der Waals surface area contributed by atoms with Gasteiger partial charge in [0.1, 0.15) is 46.1 Å². The van der Waals surface area contributed by atoms with Crippen molar-refractivity contribution in [3.05, 3.63) is 278 Å². The van der Waals surface area contributed by atoms with Crippen LogP contribution in [0.15, 0.2) is 133 Å². The maximum Gasteiger partial charge on any atom is 0.394 e. The molecule has 13 rings (SSSR count). The van der Waals surface area contributed by atoms with Crippen LogP contribution in [0.25, 0.3) is 0 Å². The van der Waals surface area contributed by atoms with Crippen LogP contribution in [0.1, 0.15) is 287 Å². The molecule has 5 fully saturated rings. The molecule has 0 amide bonds. The molecule has 5 aliphatic carbocycles. The number of alkyl halides is 6. The highest BCUT2D eigenvalue weighted by Gasteiger charge is 2.51. The Hall–Kier alpha value is -6.28. The van der Waals surface area contributed by atoms with Gasteiger partial charge in [0.25, 0.3) is 0 Å². The molecule has 8 aromatic rings. The summed E-state index contributed by atoms with van der Waals surface area (Å²) < 4.78 is 165. The lowest BCUT2D eigenvalue weighted by molar-refractivity contribution is -0.229. The molecule has 0 spiro atoms. The van der Waals surface area contributed by atoms with E-state index in [1.807, 2.05) is 71.9 Å². The molecule has 678 valence electrons. The maximum atomic E-state index is 13.0. The molecule has 0 bridgehead atoms. The van der Waals surface area contributed by atoms with Crippen molar-refractivity contribution in [3.8, 4) is 0 Å². The summed E-state index contributed by atoms with van der Waals surface area (Å²) in [7, 11) is 0. The highest BCUT2D eigenvalue weighted by Crippen LogP contribution is 2.50. The first-order valence-corrected chi connectivity index (χ1v) is 44.3. The normalized spacial score (nSPS) is 22.4. The van der Waals surface area contributed by atoms with Crippen LogP contribution >= 0.6 is 34.8 Å². The minimum absolute atomic E-state index is 0.0885. The molecule has 0 atom stereocenters. The fraction of sp³-hybridized carbons (Fsp3) is 0.543. The summed E-state index contributed by atoms with van der Waals surface area (Å²) in [5, 5.41) is 2.19. The summed E-state index contributed by atoms with van der Waals surface area (Å²) in [5.41, 5.74) is 9.05. The molecular weight excluding hydrogens is 1610 g/mol. The number of benzene rings is 8. The fourth-order valence-electron chi connectivity index (χ4n) is 12.9. The van der Waals surface area contributed by atoms with E-state index >= 15 is 0 Å². The molecule has 0 aromatic heterocycles. The van der Waals surface area contributed by atoms with Crippen LogP contribution in [0.2, 0.25) is 15.1 Å². The van der Waals surface area contributed by atoms with E-state index in [1.54, 1.807) is 52.8 Å². The zero-order valence-electron chi connectivity index (χ0n) is 77.9. The van der Waals surface area contributed by atoms with E-state index in [2.05, 4.69) is 117 Å². The van der Waals surface area contributed by atoms with E-state index < -0.39 is 51.9 Å². The van der Waals surface area contributed by atoms with Gasteiger partial charge < -0.3 is 0 Å². The van der Waals surface area contributed by atoms with Crippen LogP contribution in [-0.4, -0.2) is 23.2 Å². The van der Waals surface area contributed by atoms with Crippen LogP contribution in [0.3, 0.4) is 0 Å². The quantitative estimate of drug-likeness (QED) is 0.133. The van der Waals surface area contributed by atoms with Gasteiger partial charge in [0, 0.05) is 10.6 Å². The van der Waals surface area contributed by atoms with Crippen LogP contribution in [0.5, 0.6) is 0 Å². The molecular formula is C105H146Cl3F13. The lowest BCUT2D eigenvalue weighted by Crippen LogP contribution is -2.38. The van der Waals surface area contributed by atoms with Crippen molar-refractivity contribution in [2.45, 2.75) is 332 Å². The highest BCUT2D eigenvalue weighted by atomic mass is 35.5. The van der Waals surface area contributed by atoms with Crippen LogP contribution < -0.4 is 0 Å². The molecule has 0 nitrogen and oxygen atoms in total. The Kier molecular flexibility index (Phi) is 51.5. The first-order valence-electron chi connectivity index (χ1n) is 43.2. The zero-order chi connectivity index (χ0) is 92.7. The van der Waals surface area contributed by atoms with Gasteiger partial charge >= 0.3 is 6.18 Å². The topological polar surface area (TPSA) is 0 Å². The van der Waals surface area contributed by atoms with E-state index in [-0.39, 0.29) is 23.0 Å². The molecule has 8 aromatic carbocycles. The van der Waals surface area contributed by atoms with E-state index in [9.17, 15) is 57.1 Å². The number of hydrogen-bond acceptors (Lipinski definition) is 0. The summed E-state index contributed by atoms with van der Waals surface area (Å²) in [4.78, 5) is 0. The summed E-state index contributed by atoms with van der Waals surface area (Å²) >= 11 is 17.5. The molecule has 0 radical (unpaired) electrons. The second-order valence-corrected chi connectivity index (χ2v) is 37.7.